The van der Waals surface area contributed by atoms with Gasteiger partial charge in [-0.2, -0.15) is 0 Å². The Labute approximate surface area is 154 Å². The topological polar surface area (TPSA) is 89.3 Å². The number of tetrazole rings is 1. The summed E-state index contributed by atoms with van der Waals surface area (Å²) in [4.78, 5) is 12.4. The first-order valence-electron chi connectivity index (χ1n) is 9.23. The third kappa shape index (κ3) is 4.66. The Morgan fingerprint density at radius 1 is 1.19 bits per heavy atom. The first-order valence-corrected chi connectivity index (χ1v) is 9.23. The van der Waals surface area contributed by atoms with Gasteiger partial charge in [0, 0.05) is 24.9 Å². The molecule has 7 heteroatoms. The van der Waals surface area contributed by atoms with E-state index in [1.165, 1.54) is 19.2 Å². The van der Waals surface area contributed by atoms with Crippen LogP contribution in [0.2, 0.25) is 0 Å². The van der Waals surface area contributed by atoms with Gasteiger partial charge in [-0.05, 0) is 74.7 Å². The Morgan fingerprint density at radius 2 is 1.85 bits per heavy atom. The van der Waals surface area contributed by atoms with Gasteiger partial charge >= 0.3 is 0 Å². The highest BCUT2D eigenvalue weighted by atomic mass is 16.1. The van der Waals surface area contributed by atoms with Crippen molar-refractivity contribution in [3.05, 3.63) is 36.2 Å². The van der Waals surface area contributed by atoms with Gasteiger partial charge in [-0.1, -0.05) is 0 Å². The van der Waals surface area contributed by atoms with E-state index in [-0.39, 0.29) is 17.0 Å². The van der Waals surface area contributed by atoms with Crippen molar-refractivity contribution in [3.8, 4) is 5.69 Å². The summed E-state index contributed by atoms with van der Waals surface area (Å²) in [6, 6.07) is 7.28. The maximum atomic E-state index is 12.4. The zero-order chi connectivity index (χ0) is 18.8. The Balaban J connectivity index is 1.51. The summed E-state index contributed by atoms with van der Waals surface area (Å²) in [6.45, 7) is 9.96. The second kappa shape index (κ2) is 7.15. The van der Waals surface area contributed by atoms with Gasteiger partial charge in [-0.15, -0.1) is 5.10 Å². The molecule has 0 unspecified atom stereocenters. The zero-order valence-corrected chi connectivity index (χ0v) is 16.1. The molecule has 7 nitrogen and oxygen atoms in total. The van der Waals surface area contributed by atoms with Crippen LogP contribution in [0.25, 0.3) is 5.69 Å². The van der Waals surface area contributed by atoms with Gasteiger partial charge in [-0.3, -0.25) is 4.79 Å². The molecule has 26 heavy (non-hydrogen) atoms. The van der Waals surface area contributed by atoms with Crippen LogP contribution in [0, 0.1) is 5.92 Å². The van der Waals surface area contributed by atoms with Gasteiger partial charge in [0.25, 0.3) is 5.91 Å². The molecular weight excluding hydrogens is 328 g/mol. The molecule has 1 amide bonds. The molecule has 140 valence electrons. The van der Waals surface area contributed by atoms with E-state index in [2.05, 4.69) is 53.9 Å². The van der Waals surface area contributed by atoms with Crippen LogP contribution in [0.3, 0.4) is 0 Å². The Bertz CT molecular complexity index is 720. The smallest absolute Gasteiger partial charge is 0.251 e. The molecule has 1 aliphatic rings. The van der Waals surface area contributed by atoms with Crippen molar-refractivity contribution < 1.29 is 10.1 Å². The van der Waals surface area contributed by atoms with Crippen molar-refractivity contribution in [3.63, 3.8) is 0 Å². The lowest BCUT2D eigenvalue weighted by Gasteiger charge is -2.43. The molecule has 1 saturated heterocycles. The van der Waals surface area contributed by atoms with Crippen LogP contribution in [-0.2, 0) is 0 Å². The fourth-order valence-electron chi connectivity index (χ4n) is 4.48. The molecule has 3 rings (SSSR count). The van der Waals surface area contributed by atoms with Crippen molar-refractivity contribution >= 4 is 5.91 Å². The highest BCUT2D eigenvalue weighted by molar-refractivity contribution is 5.94. The lowest BCUT2D eigenvalue weighted by molar-refractivity contribution is -0.789. The van der Waals surface area contributed by atoms with Crippen LogP contribution in [0.5, 0.6) is 0 Å². The second-order valence-electron chi connectivity index (χ2n) is 8.74. The minimum atomic E-state index is -0.0332. The predicted molar refractivity (Wildman–Crippen MR) is 98.9 cm³/mol. The number of nitrogens with zero attached hydrogens (tertiary/aromatic N) is 4. The Hall–Kier alpha value is -2.28. The molecule has 0 spiro atoms. The number of quaternary nitrogens is 1. The molecule has 1 aromatic carbocycles. The van der Waals surface area contributed by atoms with Crippen molar-refractivity contribution in [1.82, 2.24) is 25.5 Å². The molecule has 0 atom stereocenters. The largest absolute Gasteiger partial charge is 0.352 e. The quantitative estimate of drug-likeness (QED) is 0.844. The van der Waals surface area contributed by atoms with Gasteiger partial charge in [0.15, 0.2) is 0 Å². The molecule has 1 aliphatic heterocycles. The van der Waals surface area contributed by atoms with E-state index in [9.17, 15) is 4.79 Å². The summed E-state index contributed by atoms with van der Waals surface area (Å²) in [5, 5.41) is 16.6. The molecule has 0 bridgehead atoms. The number of piperidine rings is 1. The van der Waals surface area contributed by atoms with Crippen LogP contribution >= 0.6 is 0 Å². The van der Waals surface area contributed by atoms with E-state index in [0.717, 1.165) is 12.1 Å². The fourth-order valence-corrected chi connectivity index (χ4v) is 4.48. The Kier molecular flexibility index (Phi) is 5.09. The van der Waals surface area contributed by atoms with Gasteiger partial charge < -0.3 is 10.6 Å². The predicted octanol–water partition coefficient (Wildman–Crippen LogP) is 1.31. The van der Waals surface area contributed by atoms with Crippen molar-refractivity contribution in [2.24, 2.45) is 5.92 Å². The number of amides is 1. The maximum Gasteiger partial charge on any atom is 0.251 e. The average molecular weight is 357 g/mol. The average Bonchev–Trinajstić information content (AvgIpc) is 3.06. The molecule has 2 heterocycles. The SMILES string of the molecule is CC1(C)CC(CCNC(=O)c2ccc(-n3cnnn3)cc2)CC(C)(C)[NH2+]1. The number of nitrogens with one attached hydrogen (secondary N) is 1. The molecule has 2 aromatic rings. The number of hydrogen-bond acceptors (Lipinski definition) is 4. The summed E-state index contributed by atoms with van der Waals surface area (Å²) in [5.41, 5.74) is 2.01. The second-order valence-corrected chi connectivity index (χ2v) is 8.74. The number of hydrogen-bond donors (Lipinski definition) is 2. The lowest BCUT2D eigenvalue weighted by atomic mass is 9.75. The van der Waals surface area contributed by atoms with E-state index in [1.54, 1.807) is 16.8 Å². The van der Waals surface area contributed by atoms with Gasteiger partial charge in [0.2, 0.25) is 0 Å². The van der Waals surface area contributed by atoms with E-state index >= 15 is 0 Å². The van der Waals surface area contributed by atoms with E-state index < -0.39 is 0 Å². The third-order valence-corrected chi connectivity index (χ3v) is 4.99. The normalized spacial score (nSPS) is 19.2. The van der Waals surface area contributed by atoms with Crippen LogP contribution < -0.4 is 10.6 Å². The van der Waals surface area contributed by atoms with Crippen LogP contribution in [-0.4, -0.2) is 43.7 Å². The van der Waals surface area contributed by atoms with E-state index in [4.69, 9.17) is 0 Å². The minimum Gasteiger partial charge on any atom is -0.352 e. The molecule has 1 aromatic heterocycles. The molecule has 0 saturated carbocycles. The molecule has 1 fully saturated rings. The molecule has 0 radical (unpaired) electrons. The zero-order valence-electron chi connectivity index (χ0n) is 16.1. The standard InChI is InChI=1S/C19H28N6O/c1-18(2)11-14(12-19(3,4)22-18)9-10-20-17(26)15-5-7-16(8-6-15)25-13-21-23-24-25/h5-8,13-14,22H,9-12H2,1-4H3,(H,20,26)/p+1. The van der Waals surface area contributed by atoms with Crippen molar-refractivity contribution in [2.75, 3.05) is 6.54 Å². The summed E-state index contributed by atoms with van der Waals surface area (Å²) in [6.07, 6.45) is 4.93. The summed E-state index contributed by atoms with van der Waals surface area (Å²) in [7, 11) is 0. The minimum absolute atomic E-state index is 0.0332. The number of rotatable bonds is 5. The van der Waals surface area contributed by atoms with Crippen LogP contribution in [0.1, 0.15) is 57.3 Å². The van der Waals surface area contributed by atoms with Gasteiger partial charge in [0.05, 0.1) is 16.8 Å². The summed E-state index contributed by atoms with van der Waals surface area (Å²) in [5.74, 6) is 0.613. The number of carbonyl (C=O) groups excluding carboxylic acids is 1. The van der Waals surface area contributed by atoms with Crippen LogP contribution in [0.4, 0.5) is 0 Å². The lowest BCUT2D eigenvalue weighted by Crippen LogP contribution is -3.05. The maximum absolute atomic E-state index is 12.4. The molecule has 0 aliphatic carbocycles. The number of carbonyl (C=O) groups is 1. The van der Waals surface area contributed by atoms with Crippen molar-refractivity contribution in [1.29, 1.82) is 0 Å². The first-order chi connectivity index (χ1) is 12.2. The first kappa shape index (κ1) is 18.5. The molecule has 3 N–H and O–H groups in total. The Morgan fingerprint density at radius 3 is 2.42 bits per heavy atom. The summed E-state index contributed by atoms with van der Waals surface area (Å²) >= 11 is 0. The van der Waals surface area contributed by atoms with Gasteiger partial charge in [-0.25, -0.2) is 4.68 Å². The highest BCUT2D eigenvalue weighted by Gasteiger charge is 2.41. The summed E-state index contributed by atoms with van der Waals surface area (Å²) < 4.78 is 1.56. The van der Waals surface area contributed by atoms with Crippen LogP contribution in [0.15, 0.2) is 30.6 Å². The number of aromatic nitrogens is 4. The van der Waals surface area contributed by atoms with E-state index in [1.807, 2.05) is 12.1 Å². The van der Waals surface area contributed by atoms with E-state index in [0.29, 0.717) is 18.0 Å². The van der Waals surface area contributed by atoms with Crippen molar-refractivity contribution in [2.45, 2.75) is 58.0 Å². The highest BCUT2D eigenvalue weighted by Crippen LogP contribution is 2.29. The number of benzene rings is 1. The number of nitrogens with two attached hydrogens (primary N) is 1. The third-order valence-electron chi connectivity index (χ3n) is 4.99. The monoisotopic (exact) mass is 357 g/mol. The molecular formula is C19H29N6O+. The van der Waals surface area contributed by atoms with Gasteiger partial charge in [0.1, 0.15) is 6.33 Å². The fraction of sp³-hybridized carbons (Fsp3) is 0.579.